The molecule has 0 fully saturated rings. The molecule has 0 heterocycles. The maximum Gasteiger partial charge on any atom is 0.352 e. The molecule has 1 aromatic carbocycles. The number of nitrogens with one attached hydrogen (secondary N) is 1. The number of aliphatic carboxylic acids is 1. The average Bonchev–Trinajstić information content (AvgIpc) is 2.37. The molecule has 6 nitrogen and oxygen atoms in total. The average molecular weight is 260 g/mol. The number of nitrogens with zero attached hydrogens (tertiary/aromatic N) is 1. The second kappa shape index (κ2) is 6.21. The van der Waals surface area contributed by atoms with Gasteiger partial charge in [-0.2, -0.15) is 5.26 Å². The molecule has 98 valence electrons. The Kier molecular flexibility index (Phi) is 4.66. The van der Waals surface area contributed by atoms with E-state index in [1.165, 1.54) is 26.2 Å². The summed E-state index contributed by atoms with van der Waals surface area (Å²) in [6.45, 7) is 1.21. The summed E-state index contributed by atoms with van der Waals surface area (Å²) < 4.78 is 5.07. The Morgan fingerprint density at radius 1 is 1.47 bits per heavy atom. The largest absolute Gasteiger partial charge is 0.496 e. The zero-order valence-electron chi connectivity index (χ0n) is 10.4. The number of amides is 1. The Bertz CT molecular complexity index is 585. The quantitative estimate of drug-likeness (QED) is 0.790. The van der Waals surface area contributed by atoms with Crippen molar-refractivity contribution in [2.45, 2.75) is 6.92 Å². The SMILES string of the molecule is COc1ccc(C#N)cc1/C=C(/NC(C)=O)C(=O)O. The molecule has 0 aliphatic rings. The van der Waals surface area contributed by atoms with Crippen LogP contribution < -0.4 is 10.1 Å². The van der Waals surface area contributed by atoms with Gasteiger partial charge in [0.15, 0.2) is 0 Å². The van der Waals surface area contributed by atoms with Crippen LogP contribution in [0, 0.1) is 11.3 Å². The maximum atomic E-state index is 11.0. The van der Waals surface area contributed by atoms with Crippen LogP contribution in [0.15, 0.2) is 23.9 Å². The molecular weight excluding hydrogens is 248 g/mol. The van der Waals surface area contributed by atoms with Gasteiger partial charge < -0.3 is 15.2 Å². The molecule has 1 rings (SSSR count). The summed E-state index contributed by atoms with van der Waals surface area (Å²) in [5.41, 5.74) is 0.466. The Balaban J connectivity index is 3.29. The Labute approximate surface area is 109 Å². The topological polar surface area (TPSA) is 99.4 Å². The second-order valence-electron chi connectivity index (χ2n) is 3.61. The van der Waals surface area contributed by atoms with Crippen molar-refractivity contribution in [2.75, 3.05) is 7.11 Å². The lowest BCUT2D eigenvalue weighted by Gasteiger charge is -2.07. The summed E-state index contributed by atoms with van der Waals surface area (Å²) in [7, 11) is 1.43. The third-order valence-corrected chi connectivity index (χ3v) is 2.20. The van der Waals surface area contributed by atoms with E-state index in [2.05, 4.69) is 5.32 Å². The molecule has 0 radical (unpaired) electrons. The second-order valence-corrected chi connectivity index (χ2v) is 3.61. The first-order valence-electron chi connectivity index (χ1n) is 5.28. The van der Waals surface area contributed by atoms with E-state index in [9.17, 15) is 9.59 Å². The van der Waals surface area contributed by atoms with E-state index in [-0.39, 0.29) is 5.70 Å². The number of methoxy groups -OCH3 is 1. The van der Waals surface area contributed by atoms with Crippen LogP contribution in [0.2, 0.25) is 0 Å². The highest BCUT2D eigenvalue weighted by Crippen LogP contribution is 2.22. The molecular formula is C13H12N2O4. The molecule has 6 heteroatoms. The maximum absolute atomic E-state index is 11.0. The van der Waals surface area contributed by atoms with E-state index in [4.69, 9.17) is 15.1 Å². The number of ether oxygens (including phenoxy) is 1. The molecule has 2 N–H and O–H groups in total. The van der Waals surface area contributed by atoms with Crippen molar-refractivity contribution >= 4 is 18.0 Å². The van der Waals surface area contributed by atoms with Crippen LogP contribution >= 0.6 is 0 Å². The van der Waals surface area contributed by atoms with Gasteiger partial charge in [-0.15, -0.1) is 0 Å². The van der Waals surface area contributed by atoms with Crippen LogP contribution in [0.3, 0.4) is 0 Å². The van der Waals surface area contributed by atoms with Crippen LogP contribution in [-0.2, 0) is 9.59 Å². The first-order valence-corrected chi connectivity index (χ1v) is 5.28. The molecule has 0 spiro atoms. The highest BCUT2D eigenvalue weighted by Gasteiger charge is 2.11. The minimum absolute atomic E-state index is 0.291. The van der Waals surface area contributed by atoms with Crippen LogP contribution in [0.25, 0.3) is 6.08 Å². The number of hydrogen-bond acceptors (Lipinski definition) is 4. The minimum Gasteiger partial charge on any atom is -0.496 e. The van der Waals surface area contributed by atoms with Gasteiger partial charge >= 0.3 is 5.97 Å². The summed E-state index contributed by atoms with van der Waals surface area (Å²) in [6, 6.07) is 6.52. The molecule has 1 amide bonds. The van der Waals surface area contributed by atoms with E-state index in [1.807, 2.05) is 6.07 Å². The first kappa shape index (κ1) is 14.3. The lowest BCUT2D eigenvalue weighted by Crippen LogP contribution is -2.24. The fourth-order valence-corrected chi connectivity index (χ4v) is 1.41. The number of carbonyl (C=O) groups excluding carboxylic acids is 1. The van der Waals surface area contributed by atoms with Crippen LogP contribution in [0.4, 0.5) is 0 Å². The normalized spacial score (nSPS) is 10.5. The summed E-state index contributed by atoms with van der Waals surface area (Å²) in [5, 5.41) is 20.0. The van der Waals surface area contributed by atoms with Gasteiger partial charge in [0.1, 0.15) is 11.4 Å². The van der Waals surface area contributed by atoms with Gasteiger partial charge in [0, 0.05) is 12.5 Å². The van der Waals surface area contributed by atoms with Crippen LogP contribution in [-0.4, -0.2) is 24.1 Å². The fraction of sp³-hybridized carbons (Fsp3) is 0.154. The lowest BCUT2D eigenvalue weighted by molar-refractivity contribution is -0.134. The van der Waals surface area contributed by atoms with Gasteiger partial charge in [-0.1, -0.05) is 0 Å². The van der Waals surface area contributed by atoms with Crippen LogP contribution in [0.5, 0.6) is 5.75 Å². The van der Waals surface area contributed by atoms with E-state index in [0.717, 1.165) is 0 Å². The number of hydrogen-bond donors (Lipinski definition) is 2. The summed E-state index contributed by atoms with van der Waals surface area (Å²) in [5.74, 6) is -1.37. The molecule has 0 atom stereocenters. The third kappa shape index (κ3) is 3.85. The highest BCUT2D eigenvalue weighted by molar-refractivity contribution is 5.96. The minimum atomic E-state index is -1.28. The van der Waals surface area contributed by atoms with Crippen molar-refractivity contribution < 1.29 is 19.4 Å². The van der Waals surface area contributed by atoms with Gasteiger partial charge in [0.2, 0.25) is 5.91 Å². The van der Waals surface area contributed by atoms with E-state index < -0.39 is 11.9 Å². The molecule has 19 heavy (non-hydrogen) atoms. The molecule has 0 bridgehead atoms. The lowest BCUT2D eigenvalue weighted by atomic mass is 10.1. The van der Waals surface area contributed by atoms with Crippen molar-refractivity contribution in [3.05, 3.63) is 35.0 Å². The van der Waals surface area contributed by atoms with Gasteiger partial charge in [-0.3, -0.25) is 4.79 Å². The summed E-state index contributed by atoms with van der Waals surface area (Å²) >= 11 is 0. The molecule has 0 aliphatic heterocycles. The van der Waals surface area contributed by atoms with Gasteiger partial charge in [0.05, 0.1) is 18.7 Å². The molecule has 0 saturated carbocycles. The van der Waals surface area contributed by atoms with Crippen molar-refractivity contribution in [3.8, 4) is 11.8 Å². The summed E-state index contributed by atoms with van der Waals surface area (Å²) in [4.78, 5) is 21.9. The summed E-state index contributed by atoms with van der Waals surface area (Å²) in [6.07, 6.45) is 1.24. The van der Waals surface area contributed by atoms with Crippen molar-refractivity contribution in [1.82, 2.24) is 5.32 Å². The Hall–Kier alpha value is -2.81. The fourth-order valence-electron chi connectivity index (χ4n) is 1.41. The van der Waals surface area contributed by atoms with Crippen LogP contribution in [0.1, 0.15) is 18.1 Å². The molecule has 0 aromatic heterocycles. The van der Waals surface area contributed by atoms with Crippen molar-refractivity contribution in [1.29, 1.82) is 5.26 Å². The zero-order valence-corrected chi connectivity index (χ0v) is 10.4. The predicted molar refractivity (Wildman–Crippen MR) is 67.1 cm³/mol. The number of rotatable bonds is 4. The standard InChI is InChI=1S/C13H12N2O4/c1-8(16)15-11(13(17)18)6-10-5-9(7-14)3-4-12(10)19-2/h3-6H,1-2H3,(H,15,16)(H,17,18)/b11-6+. The highest BCUT2D eigenvalue weighted by atomic mass is 16.5. The zero-order chi connectivity index (χ0) is 14.4. The Morgan fingerprint density at radius 3 is 2.63 bits per heavy atom. The number of carboxylic acid groups (broad SMARTS) is 1. The van der Waals surface area contributed by atoms with Crippen molar-refractivity contribution in [3.63, 3.8) is 0 Å². The first-order chi connectivity index (χ1) is 8.97. The molecule has 0 saturated heterocycles. The van der Waals surface area contributed by atoms with E-state index >= 15 is 0 Å². The van der Waals surface area contributed by atoms with Gasteiger partial charge in [0.25, 0.3) is 0 Å². The number of carbonyl (C=O) groups is 2. The number of nitriles is 1. The number of benzene rings is 1. The predicted octanol–water partition coefficient (Wildman–Crippen LogP) is 1.13. The Morgan fingerprint density at radius 2 is 2.16 bits per heavy atom. The van der Waals surface area contributed by atoms with Crippen molar-refractivity contribution in [2.24, 2.45) is 0 Å². The molecule has 1 aromatic rings. The number of carboxylic acids is 1. The van der Waals surface area contributed by atoms with E-state index in [0.29, 0.717) is 16.9 Å². The van der Waals surface area contributed by atoms with Gasteiger partial charge in [-0.05, 0) is 24.3 Å². The third-order valence-electron chi connectivity index (χ3n) is 2.20. The molecule has 0 unspecified atom stereocenters. The molecule has 0 aliphatic carbocycles. The smallest absolute Gasteiger partial charge is 0.352 e. The monoisotopic (exact) mass is 260 g/mol. The van der Waals surface area contributed by atoms with E-state index in [1.54, 1.807) is 12.1 Å². The van der Waals surface area contributed by atoms with Gasteiger partial charge in [-0.25, -0.2) is 4.79 Å².